The van der Waals surface area contributed by atoms with Crippen LogP contribution in [0.2, 0.25) is 0 Å². The predicted octanol–water partition coefficient (Wildman–Crippen LogP) is 2.22. The minimum absolute atomic E-state index is 0.0888. The smallest absolute Gasteiger partial charge is 0.156 e. The average molecular weight is 304 g/mol. The Balaban J connectivity index is 2.04. The van der Waals surface area contributed by atoms with Gasteiger partial charge in [0.2, 0.25) is 0 Å². The van der Waals surface area contributed by atoms with E-state index in [1.165, 1.54) is 4.88 Å². The minimum Gasteiger partial charge on any atom is -0.409 e. The van der Waals surface area contributed by atoms with Crippen LogP contribution >= 0.6 is 27.3 Å². The van der Waals surface area contributed by atoms with Crippen LogP contribution in [0.15, 0.2) is 21.1 Å². The molecular weight excluding hydrogens is 290 g/mol. The van der Waals surface area contributed by atoms with Crippen molar-refractivity contribution in [2.45, 2.75) is 25.4 Å². The molecule has 0 amide bonds. The summed E-state index contributed by atoms with van der Waals surface area (Å²) in [6.45, 7) is 1.88. The molecule has 0 radical (unpaired) electrons. The van der Waals surface area contributed by atoms with Crippen molar-refractivity contribution in [2.24, 2.45) is 10.9 Å². The van der Waals surface area contributed by atoms with Crippen molar-refractivity contribution < 1.29 is 5.21 Å². The Bertz CT molecular complexity index is 393. The molecule has 1 unspecified atom stereocenters. The third-order valence-electron chi connectivity index (χ3n) is 2.80. The Kier molecular flexibility index (Phi) is 3.83. The lowest BCUT2D eigenvalue weighted by atomic mass is 10.2. The summed E-state index contributed by atoms with van der Waals surface area (Å²) in [4.78, 5) is 3.55. The summed E-state index contributed by atoms with van der Waals surface area (Å²) in [7, 11) is 0. The van der Waals surface area contributed by atoms with Crippen LogP contribution in [0, 0.1) is 0 Å². The monoisotopic (exact) mass is 303 g/mol. The number of rotatable bonds is 3. The zero-order valence-corrected chi connectivity index (χ0v) is 11.2. The molecule has 0 saturated carbocycles. The lowest BCUT2D eigenvalue weighted by Gasteiger charge is -2.22. The van der Waals surface area contributed by atoms with Crippen LogP contribution in [0.1, 0.15) is 17.7 Å². The molecule has 1 atom stereocenters. The van der Waals surface area contributed by atoms with Gasteiger partial charge in [-0.05, 0) is 41.4 Å². The zero-order valence-electron chi connectivity index (χ0n) is 8.77. The molecule has 0 bridgehead atoms. The van der Waals surface area contributed by atoms with E-state index in [2.05, 4.69) is 37.4 Å². The lowest BCUT2D eigenvalue weighted by Crippen LogP contribution is -2.39. The summed E-state index contributed by atoms with van der Waals surface area (Å²) >= 11 is 5.17. The maximum atomic E-state index is 8.71. The van der Waals surface area contributed by atoms with E-state index in [0.29, 0.717) is 5.84 Å². The third-order valence-corrected chi connectivity index (χ3v) is 4.48. The number of nitrogens with two attached hydrogens (primary N) is 1. The molecule has 88 valence electrons. The lowest BCUT2D eigenvalue weighted by molar-refractivity contribution is 0.276. The van der Waals surface area contributed by atoms with Crippen LogP contribution in [-0.4, -0.2) is 28.5 Å². The van der Waals surface area contributed by atoms with Crippen molar-refractivity contribution in [2.75, 3.05) is 6.54 Å². The van der Waals surface area contributed by atoms with Crippen molar-refractivity contribution in [3.05, 3.63) is 20.8 Å². The van der Waals surface area contributed by atoms with Gasteiger partial charge < -0.3 is 10.9 Å². The van der Waals surface area contributed by atoms with E-state index < -0.39 is 0 Å². The number of likely N-dealkylation sites (tertiary alicyclic amines) is 1. The van der Waals surface area contributed by atoms with E-state index in [0.717, 1.165) is 30.4 Å². The highest BCUT2D eigenvalue weighted by molar-refractivity contribution is 9.10. The maximum absolute atomic E-state index is 8.71. The van der Waals surface area contributed by atoms with Gasteiger partial charge in [0.25, 0.3) is 0 Å². The van der Waals surface area contributed by atoms with E-state index >= 15 is 0 Å². The first-order chi connectivity index (χ1) is 7.70. The normalized spacial score (nSPS) is 22.8. The van der Waals surface area contributed by atoms with Crippen molar-refractivity contribution in [3.8, 4) is 0 Å². The Morgan fingerprint density at radius 3 is 3.19 bits per heavy atom. The van der Waals surface area contributed by atoms with Gasteiger partial charge >= 0.3 is 0 Å². The van der Waals surface area contributed by atoms with Crippen LogP contribution in [0.4, 0.5) is 0 Å². The fourth-order valence-corrected chi connectivity index (χ4v) is 3.53. The highest BCUT2D eigenvalue weighted by atomic mass is 79.9. The second-order valence-electron chi connectivity index (χ2n) is 3.88. The molecule has 0 spiro atoms. The summed E-state index contributed by atoms with van der Waals surface area (Å²) in [5, 5.41) is 13.9. The molecule has 2 rings (SSSR count). The third kappa shape index (κ3) is 2.56. The highest BCUT2D eigenvalue weighted by Gasteiger charge is 2.28. The van der Waals surface area contributed by atoms with Gasteiger partial charge in [0.05, 0.1) is 6.04 Å². The van der Waals surface area contributed by atoms with E-state index in [4.69, 9.17) is 10.9 Å². The first kappa shape index (κ1) is 11.9. The van der Waals surface area contributed by atoms with Crippen molar-refractivity contribution in [3.63, 3.8) is 0 Å². The summed E-state index contributed by atoms with van der Waals surface area (Å²) in [6, 6.07) is 2.21. The number of hydrogen-bond acceptors (Lipinski definition) is 4. The van der Waals surface area contributed by atoms with E-state index in [1.807, 2.05) is 0 Å². The maximum Gasteiger partial charge on any atom is 0.156 e. The molecule has 2 heterocycles. The average Bonchev–Trinajstić information content (AvgIpc) is 2.87. The SMILES string of the molecule is NC(=NO)C1CCCN1Cc1cc(Br)cs1. The number of oxime groups is 1. The van der Waals surface area contributed by atoms with Gasteiger partial charge in [-0.1, -0.05) is 5.16 Å². The quantitative estimate of drug-likeness (QED) is 0.389. The molecule has 1 aromatic rings. The Morgan fingerprint density at radius 1 is 1.75 bits per heavy atom. The van der Waals surface area contributed by atoms with E-state index in [-0.39, 0.29) is 6.04 Å². The van der Waals surface area contributed by atoms with Gasteiger partial charge in [0, 0.05) is 21.3 Å². The fraction of sp³-hybridized carbons (Fsp3) is 0.500. The van der Waals surface area contributed by atoms with Crippen molar-refractivity contribution >= 4 is 33.1 Å². The molecule has 1 aromatic heterocycles. The molecular formula is C10H14BrN3OS. The number of nitrogens with zero attached hydrogens (tertiary/aromatic N) is 2. The highest BCUT2D eigenvalue weighted by Crippen LogP contribution is 2.25. The zero-order chi connectivity index (χ0) is 11.5. The first-order valence-electron chi connectivity index (χ1n) is 5.15. The summed E-state index contributed by atoms with van der Waals surface area (Å²) < 4.78 is 1.12. The topological polar surface area (TPSA) is 61.9 Å². The van der Waals surface area contributed by atoms with Gasteiger partial charge in [-0.25, -0.2) is 0 Å². The van der Waals surface area contributed by atoms with E-state index in [9.17, 15) is 0 Å². The molecule has 1 fully saturated rings. The Morgan fingerprint density at radius 2 is 2.56 bits per heavy atom. The Hall–Kier alpha value is -0.590. The van der Waals surface area contributed by atoms with Crippen LogP contribution in [0.5, 0.6) is 0 Å². The minimum atomic E-state index is 0.0888. The number of hydrogen-bond donors (Lipinski definition) is 2. The number of amidine groups is 1. The molecule has 4 nitrogen and oxygen atoms in total. The van der Waals surface area contributed by atoms with Crippen LogP contribution in [-0.2, 0) is 6.54 Å². The summed E-state index contributed by atoms with van der Waals surface area (Å²) in [5.41, 5.74) is 5.68. The second kappa shape index (κ2) is 5.16. The van der Waals surface area contributed by atoms with Gasteiger partial charge in [0.1, 0.15) is 0 Å². The molecule has 1 saturated heterocycles. The van der Waals surface area contributed by atoms with Gasteiger partial charge in [0.15, 0.2) is 5.84 Å². The van der Waals surface area contributed by atoms with Crippen LogP contribution < -0.4 is 5.73 Å². The molecule has 1 aliphatic heterocycles. The molecule has 0 aliphatic carbocycles. The van der Waals surface area contributed by atoms with Crippen molar-refractivity contribution in [1.82, 2.24) is 4.90 Å². The number of halogens is 1. The Labute approximate surface area is 107 Å². The molecule has 6 heteroatoms. The number of thiophene rings is 1. The van der Waals surface area contributed by atoms with Gasteiger partial charge in [-0.3, -0.25) is 4.90 Å². The summed E-state index contributed by atoms with van der Waals surface area (Å²) in [6.07, 6.45) is 2.08. The fourth-order valence-electron chi connectivity index (χ4n) is 2.05. The molecule has 1 aliphatic rings. The molecule has 3 N–H and O–H groups in total. The second-order valence-corrected chi connectivity index (χ2v) is 5.80. The standard InChI is InChI=1S/C10H14BrN3OS/c11-7-4-8(16-6-7)5-14-3-1-2-9(14)10(12)13-15/h4,6,9,15H,1-3,5H2,(H2,12,13). The molecule has 16 heavy (non-hydrogen) atoms. The van der Waals surface area contributed by atoms with Crippen molar-refractivity contribution in [1.29, 1.82) is 0 Å². The van der Waals surface area contributed by atoms with E-state index in [1.54, 1.807) is 11.3 Å². The van der Waals surface area contributed by atoms with Gasteiger partial charge in [-0.2, -0.15) is 0 Å². The summed E-state index contributed by atoms with van der Waals surface area (Å²) in [5.74, 6) is 0.327. The van der Waals surface area contributed by atoms with Crippen LogP contribution in [0.25, 0.3) is 0 Å². The van der Waals surface area contributed by atoms with Gasteiger partial charge in [-0.15, -0.1) is 11.3 Å². The molecule has 0 aromatic carbocycles. The predicted molar refractivity (Wildman–Crippen MR) is 68.9 cm³/mol. The first-order valence-corrected chi connectivity index (χ1v) is 6.82. The largest absolute Gasteiger partial charge is 0.409 e. The van der Waals surface area contributed by atoms with Crippen LogP contribution in [0.3, 0.4) is 0 Å².